The topological polar surface area (TPSA) is 77.5 Å². The van der Waals surface area contributed by atoms with Gasteiger partial charge in [0.25, 0.3) is 0 Å². The molecule has 0 aliphatic carbocycles. The summed E-state index contributed by atoms with van der Waals surface area (Å²) in [5, 5.41) is 13.8. The van der Waals surface area contributed by atoms with Gasteiger partial charge in [-0.05, 0) is 46.6 Å². The van der Waals surface area contributed by atoms with Crippen LogP contribution in [0.25, 0.3) is 17.1 Å². The van der Waals surface area contributed by atoms with E-state index in [-0.39, 0.29) is 5.69 Å². The number of ether oxygens (including phenoxy) is 1. The molecule has 3 rings (SSSR count). The monoisotopic (exact) mass is 390 g/mol. The van der Waals surface area contributed by atoms with Gasteiger partial charge in [0.2, 0.25) is 0 Å². The number of hydrogen-bond acceptors (Lipinski definition) is 4. The maximum atomic E-state index is 11.6. The van der Waals surface area contributed by atoms with Crippen molar-refractivity contribution in [2.75, 3.05) is 7.11 Å². The van der Waals surface area contributed by atoms with Crippen LogP contribution in [-0.2, 0) is 6.42 Å². The summed E-state index contributed by atoms with van der Waals surface area (Å²) in [6.07, 6.45) is 2.08. The molecule has 0 unspecified atom stereocenters. The molecule has 24 heavy (non-hydrogen) atoms. The quantitative estimate of drug-likeness (QED) is 0.707. The fourth-order valence-electron chi connectivity index (χ4n) is 2.56. The molecule has 0 spiro atoms. The second-order valence-electron chi connectivity index (χ2n) is 5.07. The van der Waals surface area contributed by atoms with Crippen LogP contribution in [0.4, 0.5) is 0 Å². The fourth-order valence-corrected chi connectivity index (χ4v) is 2.86. The summed E-state index contributed by atoms with van der Waals surface area (Å²) < 4.78 is 13.1. The molecule has 0 radical (unpaired) electrons. The molecule has 0 amide bonds. The van der Waals surface area contributed by atoms with Gasteiger partial charge in [0.15, 0.2) is 11.5 Å². The van der Waals surface area contributed by atoms with Crippen molar-refractivity contribution >= 4 is 21.9 Å². The molecule has 3 aromatic rings. The number of halogens is 1. The molecule has 1 N–H and O–H groups in total. The third-order valence-electron chi connectivity index (χ3n) is 3.66. The van der Waals surface area contributed by atoms with Crippen LogP contribution in [0.15, 0.2) is 45.5 Å². The van der Waals surface area contributed by atoms with Crippen LogP contribution in [0.5, 0.6) is 5.75 Å². The Morgan fingerprint density at radius 1 is 1.38 bits per heavy atom. The average molecular weight is 391 g/mol. The zero-order chi connectivity index (χ0) is 17.3. The van der Waals surface area contributed by atoms with Gasteiger partial charge in [0.1, 0.15) is 17.7 Å². The first-order chi connectivity index (χ1) is 11.5. The van der Waals surface area contributed by atoms with Crippen LogP contribution < -0.4 is 4.74 Å². The largest absolute Gasteiger partial charge is 0.497 e. The number of hydrogen-bond donors (Lipinski definition) is 1. The third kappa shape index (κ3) is 2.82. The van der Waals surface area contributed by atoms with E-state index >= 15 is 0 Å². The van der Waals surface area contributed by atoms with Crippen LogP contribution in [0.1, 0.15) is 23.0 Å². The number of carboxylic acid groups (broad SMARTS) is 1. The van der Waals surface area contributed by atoms with Gasteiger partial charge in [-0.1, -0.05) is 6.92 Å². The first-order valence-corrected chi connectivity index (χ1v) is 8.08. The lowest BCUT2D eigenvalue weighted by molar-refractivity contribution is 0.0689. The number of furan rings is 1. The predicted molar refractivity (Wildman–Crippen MR) is 91.9 cm³/mol. The van der Waals surface area contributed by atoms with E-state index in [1.165, 1.54) is 0 Å². The molecule has 2 heterocycles. The van der Waals surface area contributed by atoms with Gasteiger partial charge in [-0.2, -0.15) is 5.10 Å². The molecular formula is C17H15BrN2O4. The molecule has 1 aromatic carbocycles. The first kappa shape index (κ1) is 16.3. The SMILES string of the molecule is CCc1c(C(=O)O)nn(-c2ccc(OC)cc2)c1-c1cc(Br)co1. The van der Waals surface area contributed by atoms with Crippen LogP contribution >= 0.6 is 15.9 Å². The molecule has 7 heteroatoms. The lowest BCUT2D eigenvalue weighted by Gasteiger charge is -2.08. The van der Waals surface area contributed by atoms with Gasteiger partial charge in [0.05, 0.1) is 17.3 Å². The van der Waals surface area contributed by atoms with Crippen molar-refractivity contribution in [1.29, 1.82) is 0 Å². The summed E-state index contributed by atoms with van der Waals surface area (Å²) in [7, 11) is 1.59. The van der Waals surface area contributed by atoms with Crippen molar-refractivity contribution in [3.05, 3.63) is 52.3 Å². The van der Waals surface area contributed by atoms with E-state index in [1.54, 1.807) is 36.3 Å². The van der Waals surface area contributed by atoms with Crippen molar-refractivity contribution in [3.8, 4) is 22.9 Å². The van der Waals surface area contributed by atoms with Crippen molar-refractivity contribution in [1.82, 2.24) is 9.78 Å². The van der Waals surface area contributed by atoms with E-state index in [2.05, 4.69) is 21.0 Å². The highest BCUT2D eigenvalue weighted by molar-refractivity contribution is 9.10. The molecular weight excluding hydrogens is 376 g/mol. The Labute approximate surface area is 146 Å². The maximum absolute atomic E-state index is 11.6. The highest BCUT2D eigenvalue weighted by atomic mass is 79.9. The van der Waals surface area contributed by atoms with Crippen LogP contribution in [0.2, 0.25) is 0 Å². The normalized spacial score (nSPS) is 10.8. The zero-order valence-electron chi connectivity index (χ0n) is 13.1. The van der Waals surface area contributed by atoms with Gasteiger partial charge < -0.3 is 14.3 Å². The number of benzene rings is 1. The van der Waals surface area contributed by atoms with E-state index in [0.717, 1.165) is 10.2 Å². The Kier molecular flexibility index (Phi) is 4.44. The third-order valence-corrected chi connectivity index (χ3v) is 4.07. The highest BCUT2D eigenvalue weighted by Crippen LogP contribution is 2.32. The van der Waals surface area contributed by atoms with E-state index < -0.39 is 5.97 Å². The van der Waals surface area contributed by atoms with Gasteiger partial charge in [-0.15, -0.1) is 0 Å². The van der Waals surface area contributed by atoms with Gasteiger partial charge >= 0.3 is 5.97 Å². The number of methoxy groups -OCH3 is 1. The Morgan fingerprint density at radius 2 is 2.08 bits per heavy atom. The predicted octanol–water partition coefficient (Wildman–Crippen LogP) is 4.16. The molecule has 0 saturated heterocycles. The lowest BCUT2D eigenvalue weighted by atomic mass is 10.1. The smallest absolute Gasteiger partial charge is 0.356 e. The lowest BCUT2D eigenvalue weighted by Crippen LogP contribution is -2.02. The second kappa shape index (κ2) is 6.52. The molecule has 0 aliphatic rings. The number of nitrogens with zero attached hydrogens (tertiary/aromatic N) is 2. The van der Waals surface area contributed by atoms with E-state index in [0.29, 0.717) is 29.2 Å². The molecule has 0 fully saturated rings. The standard InChI is InChI=1S/C17H15BrN2O4/c1-3-13-15(17(21)22)19-20(11-4-6-12(23-2)7-5-11)16(13)14-8-10(18)9-24-14/h4-9H,3H2,1-2H3,(H,21,22). The molecule has 124 valence electrons. The van der Waals surface area contributed by atoms with Gasteiger partial charge in [-0.25, -0.2) is 9.48 Å². The Bertz CT molecular complexity index is 881. The van der Waals surface area contributed by atoms with Crippen molar-refractivity contribution in [3.63, 3.8) is 0 Å². The Hall–Kier alpha value is -2.54. The van der Waals surface area contributed by atoms with Crippen molar-refractivity contribution < 1.29 is 19.1 Å². The molecule has 0 atom stereocenters. The summed E-state index contributed by atoms with van der Waals surface area (Å²) in [6, 6.07) is 9.02. The maximum Gasteiger partial charge on any atom is 0.356 e. The Balaban J connectivity index is 2.25. The number of carboxylic acids is 1. The number of carbonyl (C=O) groups is 1. The number of aromatic nitrogens is 2. The van der Waals surface area contributed by atoms with Crippen molar-refractivity contribution in [2.24, 2.45) is 0 Å². The fraction of sp³-hybridized carbons (Fsp3) is 0.176. The van der Waals surface area contributed by atoms with Crippen molar-refractivity contribution in [2.45, 2.75) is 13.3 Å². The van der Waals surface area contributed by atoms with Crippen LogP contribution in [-0.4, -0.2) is 28.0 Å². The van der Waals surface area contributed by atoms with Gasteiger partial charge in [0, 0.05) is 11.6 Å². The first-order valence-electron chi connectivity index (χ1n) is 7.29. The molecule has 2 aromatic heterocycles. The second-order valence-corrected chi connectivity index (χ2v) is 5.99. The zero-order valence-corrected chi connectivity index (χ0v) is 14.7. The number of rotatable bonds is 5. The summed E-state index contributed by atoms with van der Waals surface area (Å²) >= 11 is 3.36. The van der Waals surface area contributed by atoms with E-state index in [9.17, 15) is 9.90 Å². The Morgan fingerprint density at radius 3 is 2.58 bits per heavy atom. The molecule has 0 bridgehead atoms. The summed E-state index contributed by atoms with van der Waals surface area (Å²) in [4.78, 5) is 11.6. The minimum absolute atomic E-state index is 0.0239. The van der Waals surface area contributed by atoms with Gasteiger partial charge in [-0.3, -0.25) is 0 Å². The molecule has 6 nitrogen and oxygen atoms in total. The summed E-state index contributed by atoms with van der Waals surface area (Å²) in [5.41, 5.74) is 2.00. The minimum atomic E-state index is -1.06. The summed E-state index contributed by atoms with van der Waals surface area (Å²) in [6.45, 7) is 1.89. The summed E-state index contributed by atoms with van der Waals surface area (Å²) in [5.74, 6) is 0.197. The average Bonchev–Trinajstić information content (AvgIpc) is 3.18. The molecule has 0 saturated carbocycles. The van der Waals surface area contributed by atoms with Crippen LogP contribution in [0.3, 0.4) is 0 Å². The number of aromatic carboxylic acids is 1. The molecule has 0 aliphatic heterocycles. The van der Waals surface area contributed by atoms with Crippen LogP contribution in [0, 0.1) is 0 Å². The van der Waals surface area contributed by atoms with E-state index in [4.69, 9.17) is 9.15 Å². The highest BCUT2D eigenvalue weighted by Gasteiger charge is 2.25. The minimum Gasteiger partial charge on any atom is -0.497 e. The van der Waals surface area contributed by atoms with E-state index in [1.807, 2.05) is 19.1 Å².